The summed E-state index contributed by atoms with van der Waals surface area (Å²) >= 11 is 0. The number of ether oxygens (including phenoxy) is 1. The van der Waals surface area contributed by atoms with Gasteiger partial charge in [0.15, 0.2) is 5.82 Å². The topological polar surface area (TPSA) is 73.4 Å². The molecule has 2 rings (SSSR count). The molecule has 24 heavy (non-hydrogen) atoms. The van der Waals surface area contributed by atoms with Gasteiger partial charge in [0.2, 0.25) is 0 Å². The van der Waals surface area contributed by atoms with Crippen molar-refractivity contribution < 1.29 is 22.7 Å². The molecule has 0 fully saturated rings. The van der Waals surface area contributed by atoms with Crippen LogP contribution in [0.25, 0.3) is 5.69 Å². The minimum Gasteiger partial charge on any atom is -0.448 e. The standard InChI is InChI=1S/C15H17F3N4O2/c1-2-3-10-24-14(23)22(19)13-8-9-21(20-13)12-6-4-11(5-7-12)15(16,17)18/h4-9H,2-3,10,19H2,1H3. The lowest BCUT2D eigenvalue weighted by atomic mass is 10.2. The van der Waals surface area contributed by atoms with Crippen molar-refractivity contribution in [3.8, 4) is 5.69 Å². The quantitative estimate of drug-likeness (QED) is 0.391. The van der Waals surface area contributed by atoms with E-state index < -0.39 is 17.8 Å². The average molecular weight is 342 g/mol. The van der Waals surface area contributed by atoms with E-state index in [0.29, 0.717) is 5.69 Å². The Morgan fingerprint density at radius 1 is 1.29 bits per heavy atom. The van der Waals surface area contributed by atoms with Gasteiger partial charge in [-0.05, 0) is 30.7 Å². The summed E-state index contributed by atoms with van der Waals surface area (Å²) in [4.78, 5) is 11.7. The normalized spacial score (nSPS) is 11.4. The summed E-state index contributed by atoms with van der Waals surface area (Å²) in [5.74, 6) is 5.75. The molecule has 0 saturated heterocycles. The van der Waals surface area contributed by atoms with Gasteiger partial charge in [-0.2, -0.15) is 18.2 Å². The largest absolute Gasteiger partial charge is 0.448 e. The zero-order chi connectivity index (χ0) is 17.7. The van der Waals surface area contributed by atoms with E-state index in [-0.39, 0.29) is 12.4 Å². The average Bonchev–Trinajstić information content (AvgIpc) is 3.03. The lowest BCUT2D eigenvalue weighted by molar-refractivity contribution is -0.137. The van der Waals surface area contributed by atoms with Crippen molar-refractivity contribution in [3.05, 3.63) is 42.1 Å². The van der Waals surface area contributed by atoms with Gasteiger partial charge < -0.3 is 4.74 Å². The summed E-state index contributed by atoms with van der Waals surface area (Å²) in [6, 6.07) is 5.92. The summed E-state index contributed by atoms with van der Waals surface area (Å²) in [5, 5.41) is 4.80. The summed E-state index contributed by atoms with van der Waals surface area (Å²) < 4.78 is 43.9. The number of rotatable bonds is 5. The Kier molecular flexibility index (Phi) is 5.45. The number of carbonyl (C=O) groups is 1. The summed E-state index contributed by atoms with van der Waals surface area (Å²) in [7, 11) is 0. The molecule has 0 atom stereocenters. The molecule has 1 aromatic carbocycles. The Labute approximate surface area is 136 Å². The first kappa shape index (κ1) is 17.8. The summed E-state index contributed by atoms with van der Waals surface area (Å²) in [6.45, 7) is 2.21. The van der Waals surface area contributed by atoms with E-state index >= 15 is 0 Å². The minimum absolute atomic E-state index is 0.122. The summed E-state index contributed by atoms with van der Waals surface area (Å²) in [6.07, 6.45) is -2.07. The number of benzene rings is 1. The maximum absolute atomic E-state index is 12.6. The van der Waals surface area contributed by atoms with E-state index in [2.05, 4.69) is 5.10 Å². The second kappa shape index (κ2) is 7.35. The molecule has 0 aliphatic rings. The van der Waals surface area contributed by atoms with Crippen LogP contribution in [0.1, 0.15) is 25.3 Å². The molecule has 0 saturated carbocycles. The van der Waals surface area contributed by atoms with Crippen LogP contribution in [0.3, 0.4) is 0 Å². The molecule has 0 bridgehead atoms. The van der Waals surface area contributed by atoms with Gasteiger partial charge in [-0.1, -0.05) is 13.3 Å². The van der Waals surface area contributed by atoms with Crippen LogP contribution in [0.5, 0.6) is 0 Å². The smallest absolute Gasteiger partial charge is 0.430 e. The van der Waals surface area contributed by atoms with Crippen LogP contribution >= 0.6 is 0 Å². The number of unbranched alkanes of at least 4 members (excludes halogenated alkanes) is 1. The first-order valence-electron chi connectivity index (χ1n) is 7.28. The molecule has 0 radical (unpaired) electrons. The fourth-order valence-corrected chi connectivity index (χ4v) is 1.86. The molecule has 0 spiro atoms. The second-order valence-corrected chi connectivity index (χ2v) is 5.00. The van der Waals surface area contributed by atoms with E-state index in [1.54, 1.807) is 0 Å². The van der Waals surface area contributed by atoms with Gasteiger partial charge >= 0.3 is 12.3 Å². The number of nitrogens with zero attached hydrogens (tertiary/aromatic N) is 3. The number of aromatic nitrogens is 2. The molecule has 6 nitrogen and oxygen atoms in total. The molecule has 1 amide bonds. The minimum atomic E-state index is -4.40. The third-order valence-corrected chi connectivity index (χ3v) is 3.20. The Bertz CT molecular complexity index is 683. The first-order valence-corrected chi connectivity index (χ1v) is 7.28. The molecule has 130 valence electrons. The Morgan fingerprint density at radius 2 is 1.96 bits per heavy atom. The SMILES string of the molecule is CCCCOC(=O)N(N)c1ccn(-c2ccc(C(F)(F)F)cc2)n1. The Morgan fingerprint density at radius 3 is 2.54 bits per heavy atom. The summed E-state index contributed by atoms with van der Waals surface area (Å²) in [5.41, 5.74) is -0.347. The molecule has 0 aliphatic carbocycles. The van der Waals surface area contributed by atoms with Gasteiger partial charge in [0.05, 0.1) is 17.9 Å². The van der Waals surface area contributed by atoms with Crippen LogP contribution in [0.15, 0.2) is 36.5 Å². The van der Waals surface area contributed by atoms with Gasteiger partial charge in [-0.25, -0.2) is 15.3 Å². The van der Waals surface area contributed by atoms with Crippen molar-refractivity contribution in [2.45, 2.75) is 25.9 Å². The van der Waals surface area contributed by atoms with Crippen LogP contribution in [-0.4, -0.2) is 22.5 Å². The van der Waals surface area contributed by atoms with Gasteiger partial charge in [0.25, 0.3) is 0 Å². The van der Waals surface area contributed by atoms with Crippen LogP contribution in [0.4, 0.5) is 23.8 Å². The third-order valence-electron chi connectivity index (χ3n) is 3.20. The Balaban J connectivity index is 2.08. The van der Waals surface area contributed by atoms with Crippen molar-refractivity contribution in [3.63, 3.8) is 0 Å². The van der Waals surface area contributed by atoms with Gasteiger partial charge in [-0.3, -0.25) is 0 Å². The molecule has 2 aromatic rings. The molecular weight excluding hydrogens is 325 g/mol. The fourth-order valence-electron chi connectivity index (χ4n) is 1.86. The van der Waals surface area contributed by atoms with Crippen LogP contribution < -0.4 is 10.9 Å². The van der Waals surface area contributed by atoms with Gasteiger partial charge in [-0.15, -0.1) is 5.10 Å². The highest BCUT2D eigenvalue weighted by molar-refractivity contribution is 5.84. The lowest BCUT2D eigenvalue weighted by Crippen LogP contribution is -2.38. The zero-order valence-electron chi connectivity index (χ0n) is 13.0. The van der Waals surface area contributed by atoms with Gasteiger partial charge in [0, 0.05) is 12.3 Å². The number of carbonyl (C=O) groups excluding carboxylic acids is 1. The number of hydrogen-bond donors (Lipinski definition) is 1. The molecular formula is C15H17F3N4O2. The van der Waals surface area contributed by atoms with Gasteiger partial charge in [0.1, 0.15) is 0 Å². The first-order chi connectivity index (χ1) is 11.3. The van der Waals surface area contributed by atoms with E-state index in [9.17, 15) is 18.0 Å². The third kappa shape index (κ3) is 4.25. The highest BCUT2D eigenvalue weighted by Gasteiger charge is 2.30. The van der Waals surface area contributed by atoms with Crippen molar-refractivity contribution in [2.24, 2.45) is 5.84 Å². The van der Waals surface area contributed by atoms with E-state index in [0.717, 1.165) is 30.0 Å². The molecule has 9 heteroatoms. The number of halogens is 3. The second-order valence-electron chi connectivity index (χ2n) is 5.00. The molecule has 1 heterocycles. The Hall–Kier alpha value is -2.55. The highest BCUT2D eigenvalue weighted by Crippen LogP contribution is 2.29. The number of hydrazine groups is 1. The maximum Gasteiger partial charge on any atom is 0.430 e. The van der Waals surface area contributed by atoms with Crippen molar-refractivity contribution in [2.75, 3.05) is 11.6 Å². The fraction of sp³-hybridized carbons (Fsp3) is 0.333. The number of nitrogens with two attached hydrogens (primary N) is 1. The van der Waals surface area contributed by atoms with Crippen molar-refractivity contribution in [1.29, 1.82) is 0 Å². The number of hydrogen-bond acceptors (Lipinski definition) is 4. The van der Waals surface area contributed by atoms with Crippen LogP contribution in [0, 0.1) is 0 Å². The number of amides is 1. The highest BCUT2D eigenvalue weighted by atomic mass is 19.4. The molecule has 1 aromatic heterocycles. The number of anilines is 1. The predicted molar refractivity (Wildman–Crippen MR) is 81.5 cm³/mol. The molecule has 2 N–H and O–H groups in total. The maximum atomic E-state index is 12.6. The van der Waals surface area contributed by atoms with Crippen molar-refractivity contribution >= 4 is 11.9 Å². The van der Waals surface area contributed by atoms with E-state index in [1.807, 2.05) is 6.92 Å². The van der Waals surface area contributed by atoms with E-state index in [1.165, 1.54) is 29.1 Å². The molecule has 0 aliphatic heterocycles. The monoisotopic (exact) mass is 342 g/mol. The predicted octanol–water partition coefficient (Wildman–Crippen LogP) is 3.51. The van der Waals surface area contributed by atoms with Crippen molar-refractivity contribution in [1.82, 2.24) is 9.78 Å². The lowest BCUT2D eigenvalue weighted by Gasteiger charge is -2.13. The van der Waals surface area contributed by atoms with Crippen LogP contribution in [0.2, 0.25) is 0 Å². The number of alkyl halides is 3. The van der Waals surface area contributed by atoms with Crippen LogP contribution in [-0.2, 0) is 10.9 Å². The molecule has 0 unspecified atom stereocenters. The van der Waals surface area contributed by atoms with E-state index in [4.69, 9.17) is 10.6 Å². The zero-order valence-corrected chi connectivity index (χ0v) is 13.0.